The Hall–Kier alpha value is -4.62. The number of pyridine rings is 1. The van der Waals surface area contributed by atoms with Crippen LogP contribution in [-0.2, 0) is 16.0 Å². The Labute approximate surface area is 225 Å². The van der Waals surface area contributed by atoms with Gasteiger partial charge < -0.3 is 30.0 Å². The van der Waals surface area contributed by atoms with Crippen LogP contribution in [0.15, 0.2) is 49.3 Å². The van der Waals surface area contributed by atoms with E-state index in [-0.39, 0.29) is 24.2 Å². The summed E-state index contributed by atoms with van der Waals surface area (Å²) in [5.41, 5.74) is 3.00. The number of morpholine rings is 1. The molecule has 0 unspecified atom stereocenters. The van der Waals surface area contributed by atoms with Crippen LogP contribution in [0.4, 0.5) is 15.8 Å². The maximum absolute atomic E-state index is 14.5. The fourth-order valence-corrected chi connectivity index (χ4v) is 4.89. The lowest BCUT2D eigenvalue weighted by Crippen LogP contribution is -2.56. The third-order valence-electron chi connectivity index (χ3n) is 6.83. The highest BCUT2D eigenvalue weighted by Crippen LogP contribution is 2.40. The molecule has 9 nitrogen and oxygen atoms in total. The maximum atomic E-state index is 14.5. The van der Waals surface area contributed by atoms with Crippen molar-refractivity contribution in [3.8, 4) is 28.8 Å². The summed E-state index contributed by atoms with van der Waals surface area (Å²) in [5.74, 6) is 5.43. The first-order chi connectivity index (χ1) is 18.9. The fraction of sp³-hybridized carbons (Fsp3) is 0.276. The zero-order valence-electron chi connectivity index (χ0n) is 21.7. The van der Waals surface area contributed by atoms with E-state index in [1.807, 2.05) is 6.92 Å². The van der Waals surface area contributed by atoms with Gasteiger partial charge in [-0.3, -0.25) is 14.6 Å². The number of halogens is 1. The van der Waals surface area contributed by atoms with Gasteiger partial charge in [0.15, 0.2) is 11.6 Å². The molecule has 3 N–H and O–H groups in total. The molecule has 1 fully saturated rings. The SMILES string of the molecule is C=CC(=O)N1CCOC[C@]1(C)C#Cc1cnccc1-c1[nH]c2c(c1Nc1cccc(F)c1OC)C(=O)NCC2. The van der Waals surface area contributed by atoms with E-state index < -0.39 is 11.4 Å². The summed E-state index contributed by atoms with van der Waals surface area (Å²) in [7, 11) is 1.39. The molecule has 5 rings (SSSR count). The van der Waals surface area contributed by atoms with Crippen molar-refractivity contribution in [1.29, 1.82) is 0 Å². The van der Waals surface area contributed by atoms with Crippen molar-refractivity contribution >= 4 is 23.2 Å². The Bertz CT molecular complexity index is 1520. The third kappa shape index (κ3) is 4.84. The molecule has 0 radical (unpaired) electrons. The molecule has 0 spiro atoms. The lowest BCUT2D eigenvalue weighted by atomic mass is 9.98. The molecule has 0 saturated carbocycles. The molecule has 200 valence electrons. The Morgan fingerprint density at radius 2 is 2.23 bits per heavy atom. The van der Waals surface area contributed by atoms with Crippen molar-refractivity contribution in [2.75, 3.05) is 38.7 Å². The Kier molecular flexibility index (Phi) is 7.09. The van der Waals surface area contributed by atoms with Crippen LogP contribution in [0.3, 0.4) is 0 Å². The quantitative estimate of drug-likeness (QED) is 0.345. The molecule has 1 atom stereocenters. The second-order valence-corrected chi connectivity index (χ2v) is 9.37. The number of amides is 2. The average Bonchev–Trinajstić information content (AvgIpc) is 3.31. The monoisotopic (exact) mass is 529 g/mol. The van der Waals surface area contributed by atoms with Crippen LogP contribution >= 0.6 is 0 Å². The number of aromatic amines is 1. The smallest absolute Gasteiger partial charge is 0.255 e. The summed E-state index contributed by atoms with van der Waals surface area (Å²) < 4.78 is 25.4. The number of methoxy groups -OCH3 is 1. The lowest BCUT2D eigenvalue weighted by Gasteiger charge is -2.40. The number of aromatic nitrogens is 2. The number of hydrogen-bond donors (Lipinski definition) is 3. The Balaban J connectivity index is 1.63. The zero-order chi connectivity index (χ0) is 27.6. The molecule has 0 bridgehead atoms. The van der Waals surface area contributed by atoms with E-state index in [9.17, 15) is 14.0 Å². The highest BCUT2D eigenvalue weighted by molar-refractivity contribution is 6.06. The van der Waals surface area contributed by atoms with Crippen molar-refractivity contribution in [3.63, 3.8) is 0 Å². The molecule has 39 heavy (non-hydrogen) atoms. The predicted molar refractivity (Wildman–Crippen MR) is 144 cm³/mol. The van der Waals surface area contributed by atoms with E-state index >= 15 is 0 Å². The number of hydrogen-bond acceptors (Lipinski definition) is 6. The molecule has 3 aromatic rings. The van der Waals surface area contributed by atoms with E-state index in [0.29, 0.717) is 59.9 Å². The second kappa shape index (κ2) is 10.6. The lowest BCUT2D eigenvalue weighted by molar-refractivity contribution is -0.137. The van der Waals surface area contributed by atoms with E-state index in [1.165, 1.54) is 19.3 Å². The van der Waals surface area contributed by atoms with E-state index in [1.54, 1.807) is 35.5 Å². The van der Waals surface area contributed by atoms with E-state index in [2.05, 4.69) is 39.0 Å². The number of rotatable bonds is 5. The van der Waals surface area contributed by atoms with Crippen molar-refractivity contribution in [1.82, 2.24) is 20.2 Å². The summed E-state index contributed by atoms with van der Waals surface area (Å²) in [6.45, 7) is 7.01. The first kappa shape index (κ1) is 26.0. The van der Waals surface area contributed by atoms with Crippen LogP contribution in [0.1, 0.15) is 28.5 Å². The van der Waals surface area contributed by atoms with Gasteiger partial charge in [0.1, 0.15) is 5.54 Å². The van der Waals surface area contributed by atoms with Gasteiger partial charge in [-0.2, -0.15) is 0 Å². The largest absolute Gasteiger partial charge is 0.492 e. The van der Waals surface area contributed by atoms with Gasteiger partial charge in [0.05, 0.1) is 48.5 Å². The van der Waals surface area contributed by atoms with Gasteiger partial charge in [0, 0.05) is 43.2 Å². The summed E-state index contributed by atoms with van der Waals surface area (Å²) in [4.78, 5) is 34.8. The summed E-state index contributed by atoms with van der Waals surface area (Å²) in [6.07, 6.45) is 5.12. The van der Waals surface area contributed by atoms with Gasteiger partial charge in [0.2, 0.25) is 5.91 Å². The Morgan fingerprint density at radius 3 is 3.03 bits per heavy atom. The minimum atomic E-state index is -0.874. The van der Waals surface area contributed by atoms with Crippen LogP contribution in [-0.4, -0.2) is 65.6 Å². The second-order valence-electron chi connectivity index (χ2n) is 9.37. The van der Waals surface area contributed by atoms with Crippen LogP contribution in [0.5, 0.6) is 5.75 Å². The standard InChI is InChI=1S/C29H28FN5O4/c1-4-23(36)35-14-15-39-17-29(35,2)11-8-18-16-31-12-9-19(18)25-26(24-21(33-25)10-13-32-28(24)37)34-22-7-5-6-20(30)27(22)38-3/h4-7,9,12,16,33-34H,1,10,13-15,17H2,2-3H3,(H,32,37)/t29-/m0/s1. The number of carbonyl (C=O) groups is 2. The van der Waals surface area contributed by atoms with Gasteiger partial charge in [-0.05, 0) is 31.2 Å². The van der Waals surface area contributed by atoms with Crippen molar-refractivity contribution in [2.24, 2.45) is 0 Å². The fourth-order valence-electron chi connectivity index (χ4n) is 4.89. The van der Waals surface area contributed by atoms with Gasteiger partial charge in [-0.15, -0.1) is 0 Å². The molecule has 2 aromatic heterocycles. The highest BCUT2D eigenvalue weighted by Gasteiger charge is 2.36. The molecule has 0 aliphatic carbocycles. The van der Waals surface area contributed by atoms with Gasteiger partial charge in [0.25, 0.3) is 5.91 Å². The van der Waals surface area contributed by atoms with Crippen molar-refractivity contribution in [2.45, 2.75) is 18.9 Å². The number of carbonyl (C=O) groups excluding carboxylic acids is 2. The minimum absolute atomic E-state index is 0.0292. The molecule has 1 saturated heterocycles. The molecule has 10 heteroatoms. The van der Waals surface area contributed by atoms with Crippen LogP contribution in [0.25, 0.3) is 11.3 Å². The number of para-hydroxylation sites is 1. The van der Waals surface area contributed by atoms with Gasteiger partial charge in [-0.1, -0.05) is 24.5 Å². The molecular weight excluding hydrogens is 501 g/mol. The predicted octanol–water partition coefficient (Wildman–Crippen LogP) is 3.41. The first-order valence-electron chi connectivity index (χ1n) is 12.5. The molecule has 2 amide bonds. The highest BCUT2D eigenvalue weighted by atomic mass is 19.1. The average molecular weight is 530 g/mol. The summed E-state index contributed by atoms with van der Waals surface area (Å²) in [5, 5.41) is 6.10. The molecule has 2 aliphatic heterocycles. The van der Waals surface area contributed by atoms with Crippen LogP contribution in [0, 0.1) is 17.7 Å². The van der Waals surface area contributed by atoms with E-state index in [0.717, 1.165) is 5.69 Å². The number of ether oxygens (including phenoxy) is 2. The summed E-state index contributed by atoms with van der Waals surface area (Å²) in [6, 6.07) is 6.33. The van der Waals surface area contributed by atoms with Crippen LogP contribution in [0.2, 0.25) is 0 Å². The first-order valence-corrected chi connectivity index (χ1v) is 12.5. The number of nitrogens with zero attached hydrogens (tertiary/aromatic N) is 2. The van der Waals surface area contributed by atoms with Crippen molar-refractivity contribution in [3.05, 3.63) is 72.0 Å². The van der Waals surface area contributed by atoms with Crippen LogP contribution < -0.4 is 15.4 Å². The molecule has 2 aliphatic rings. The molecule has 1 aromatic carbocycles. The summed E-state index contributed by atoms with van der Waals surface area (Å²) >= 11 is 0. The van der Waals surface area contributed by atoms with Crippen molar-refractivity contribution < 1.29 is 23.5 Å². The molecular formula is C29H28FN5O4. The number of nitrogens with one attached hydrogen (secondary N) is 3. The number of anilines is 2. The van der Waals surface area contributed by atoms with Gasteiger partial charge in [-0.25, -0.2) is 4.39 Å². The minimum Gasteiger partial charge on any atom is -0.492 e. The van der Waals surface area contributed by atoms with Gasteiger partial charge >= 0.3 is 0 Å². The number of fused-ring (bicyclic) bond motifs is 1. The normalized spacial score (nSPS) is 18.3. The maximum Gasteiger partial charge on any atom is 0.255 e. The molecule has 4 heterocycles. The third-order valence-corrected chi connectivity index (χ3v) is 6.83. The van der Waals surface area contributed by atoms with E-state index in [4.69, 9.17) is 9.47 Å². The number of H-pyrrole nitrogens is 1. The Morgan fingerprint density at radius 1 is 1.38 bits per heavy atom. The topological polar surface area (TPSA) is 109 Å². The zero-order valence-corrected chi connectivity index (χ0v) is 21.7. The number of benzene rings is 1.